The van der Waals surface area contributed by atoms with Crippen molar-refractivity contribution in [2.45, 2.75) is 0 Å². The highest BCUT2D eigenvalue weighted by molar-refractivity contribution is 7.26. The number of furan rings is 2. The van der Waals surface area contributed by atoms with E-state index in [4.69, 9.17) is 8.83 Å². The highest BCUT2D eigenvalue weighted by Crippen LogP contribution is 2.55. The second-order valence-corrected chi connectivity index (χ2v) is 21.6. The SMILES string of the molecule is c1ccc(-c2cc3c(cc2N2c4cccc5c4B(c4ccc6sc7ccccc7c6c42)c2ccc4sc6ccccc6c4c2N5c2cc4oc5ccccc5c4cc2-c2ccccc2)oc2ccccc23)cc1. The Bertz CT molecular complexity index is 4540. The molecule has 0 radical (unpaired) electrons. The average molecular weight is 965 g/mol. The summed E-state index contributed by atoms with van der Waals surface area (Å²) < 4.78 is 18.7. The molecule has 2 aliphatic rings. The van der Waals surface area contributed by atoms with Gasteiger partial charge in [0.25, 0.3) is 6.71 Å². The molecule has 0 N–H and O–H groups in total. The van der Waals surface area contributed by atoms with Crippen LogP contribution in [0.2, 0.25) is 0 Å². The lowest BCUT2D eigenvalue weighted by Gasteiger charge is -2.45. The minimum Gasteiger partial charge on any atom is -0.456 e. The van der Waals surface area contributed by atoms with E-state index in [1.165, 1.54) is 68.1 Å². The summed E-state index contributed by atoms with van der Waals surface area (Å²) in [6.45, 7) is -0.111. The van der Waals surface area contributed by atoms with E-state index in [1.807, 2.05) is 22.7 Å². The second-order valence-electron chi connectivity index (χ2n) is 19.4. The Hall–Kier alpha value is -8.88. The summed E-state index contributed by atoms with van der Waals surface area (Å²) in [5, 5.41) is 9.49. The van der Waals surface area contributed by atoms with Crippen molar-refractivity contribution in [3.63, 3.8) is 0 Å². The first-order valence-electron chi connectivity index (χ1n) is 24.8. The summed E-state index contributed by atoms with van der Waals surface area (Å²) in [7, 11) is 0. The zero-order chi connectivity index (χ0) is 47.5. The third-order valence-electron chi connectivity index (χ3n) is 15.6. The second kappa shape index (κ2) is 14.8. The zero-order valence-corrected chi connectivity index (χ0v) is 40.6. The van der Waals surface area contributed by atoms with E-state index in [2.05, 4.69) is 234 Å². The number of benzene rings is 11. The number of thiophene rings is 2. The van der Waals surface area contributed by atoms with Gasteiger partial charge in [-0.2, -0.15) is 0 Å². The van der Waals surface area contributed by atoms with Gasteiger partial charge in [-0.15, -0.1) is 22.7 Å². The Labute approximate surface area is 426 Å². The van der Waals surface area contributed by atoms with Crippen LogP contribution in [0.1, 0.15) is 0 Å². The Morgan fingerprint density at radius 1 is 0.315 bits per heavy atom. The van der Waals surface area contributed by atoms with Crippen molar-refractivity contribution in [3.8, 4) is 22.3 Å². The molecule has 0 amide bonds. The standard InChI is InChI=1S/C66H37BN2O2S2/c1-3-16-38(17-4-1)44-34-46-40-20-7-11-26-54(40)70-56(46)36-52(44)68-50-24-15-25-51-64(50)67(48-30-32-60-62(65(48)68)42-22-9-13-28-58(42)72-60)49-31-33-61-63(43-23-10-14-29-59(43)73-61)66(49)69(51)53-37-57-47(41-21-8-12-27-55(41)71-57)35-45(53)39-18-5-2-6-19-39/h1-37H. The maximum absolute atomic E-state index is 6.83. The maximum atomic E-state index is 6.83. The van der Waals surface area contributed by atoms with Crippen LogP contribution in [-0.2, 0) is 0 Å². The number of rotatable bonds is 4. The maximum Gasteiger partial charge on any atom is 0.252 e. The summed E-state index contributed by atoms with van der Waals surface area (Å²) in [4.78, 5) is 5.20. The fourth-order valence-electron chi connectivity index (χ4n) is 12.6. The molecule has 73 heavy (non-hydrogen) atoms. The van der Waals surface area contributed by atoms with Crippen molar-refractivity contribution in [1.29, 1.82) is 0 Å². The van der Waals surface area contributed by atoms with Crippen LogP contribution < -0.4 is 26.2 Å². The number of nitrogens with zero attached hydrogens (tertiary/aromatic N) is 2. The predicted molar refractivity (Wildman–Crippen MR) is 312 cm³/mol. The van der Waals surface area contributed by atoms with E-state index < -0.39 is 0 Å². The first kappa shape index (κ1) is 39.8. The van der Waals surface area contributed by atoms with Crippen LogP contribution in [0.3, 0.4) is 0 Å². The molecule has 0 fully saturated rings. The molecule has 0 aliphatic carbocycles. The van der Waals surface area contributed by atoms with Gasteiger partial charge >= 0.3 is 0 Å². The Morgan fingerprint density at radius 2 is 0.740 bits per heavy atom. The Balaban J connectivity index is 1.05. The minimum absolute atomic E-state index is 0.111. The van der Waals surface area contributed by atoms with Crippen molar-refractivity contribution >= 4 is 164 Å². The molecule has 0 unspecified atom stereocenters. The molecule has 15 aromatic rings. The van der Waals surface area contributed by atoms with Gasteiger partial charge in [-0.1, -0.05) is 152 Å². The van der Waals surface area contributed by atoms with Crippen molar-refractivity contribution < 1.29 is 8.83 Å². The van der Waals surface area contributed by atoms with E-state index in [9.17, 15) is 0 Å². The van der Waals surface area contributed by atoms with Crippen LogP contribution in [0.25, 0.3) is 106 Å². The summed E-state index contributed by atoms with van der Waals surface area (Å²) in [5.74, 6) is 0. The summed E-state index contributed by atoms with van der Waals surface area (Å²) in [6, 6.07) is 82.6. The van der Waals surface area contributed by atoms with E-state index in [1.54, 1.807) is 0 Å². The lowest BCUT2D eigenvalue weighted by Crippen LogP contribution is -2.61. The topological polar surface area (TPSA) is 32.8 Å². The van der Waals surface area contributed by atoms with E-state index in [0.29, 0.717) is 0 Å². The van der Waals surface area contributed by atoms with Crippen LogP contribution in [0.5, 0.6) is 0 Å². The van der Waals surface area contributed by atoms with Gasteiger partial charge in [-0.3, -0.25) is 0 Å². The number of fused-ring (bicyclic) bond motifs is 18. The molecule has 0 spiro atoms. The predicted octanol–water partition coefficient (Wildman–Crippen LogP) is 17.6. The molecule has 0 atom stereocenters. The van der Waals surface area contributed by atoms with Gasteiger partial charge in [0.2, 0.25) is 0 Å². The fraction of sp³-hybridized carbons (Fsp3) is 0. The molecule has 4 aromatic heterocycles. The fourth-order valence-corrected chi connectivity index (χ4v) is 14.8. The Kier molecular flexibility index (Phi) is 8.09. The average Bonchev–Trinajstić information content (AvgIpc) is 4.23. The molecular weight excluding hydrogens is 928 g/mol. The van der Waals surface area contributed by atoms with E-state index in [-0.39, 0.29) is 6.71 Å². The van der Waals surface area contributed by atoms with Gasteiger partial charge < -0.3 is 18.6 Å². The van der Waals surface area contributed by atoms with Gasteiger partial charge in [0.05, 0.1) is 22.7 Å². The molecule has 0 saturated heterocycles. The monoisotopic (exact) mass is 964 g/mol. The molecule has 6 heterocycles. The van der Waals surface area contributed by atoms with E-state index >= 15 is 0 Å². The van der Waals surface area contributed by atoms with Gasteiger partial charge in [0, 0.05) is 96.5 Å². The third kappa shape index (κ3) is 5.50. The molecule has 11 aromatic carbocycles. The van der Waals surface area contributed by atoms with Gasteiger partial charge in [-0.05, 0) is 88.2 Å². The molecular formula is C66H37BN2O2S2. The van der Waals surface area contributed by atoms with Crippen molar-refractivity contribution in [1.82, 2.24) is 0 Å². The lowest BCUT2D eigenvalue weighted by molar-refractivity contribution is 0.668. The van der Waals surface area contributed by atoms with Crippen molar-refractivity contribution in [3.05, 3.63) is 224 Å². The smallest absolute Gasteiger partial charge is 0.252 e. The van der Waals surface area contributed by atoms with Crippen LogP contribution in [0.4, 0.5) is 34.1 Å². The largest absolute Gasteiger partial charge is 0.456 e. The lowest BCUT2D eigenvalue weighted by atomic mass is 9.33. The number of hydrogen-bond donors (Lipinski definition) is 0. The third-order valence-corrected chi connectivity index (χ3v) is 17.9. The van der Waals surface area contributed by atoms with Crippen molar-refractivity contribution in [2.75, 3.05) is 9.80 Å². The normalized spacial score (nSPS) is 13.1. The summed E-state index contributed by atoms with van der Waals surface area (Å²) in [5.41, 5.74) is 18.7. The van der Waals surface area contributed by atoms with E-state index in [0.717, 1.165) is 88.9 Å². The molecule has 7 heteroatoms. The number of para-hydroxylation sites is 2. The molecule has 17 rings (SSSR count). The number of anilines is 6. The van der Waals surface area contributed by atoms with Gasteiger partial charge in [-0.25, -0.2) is 0 Å². The Morgan fingerprint density at radius 3 is 1.22 bits per heavy atom. The van der Waals surface area contributed by atoms with Crippen LogP contribution >= 0.6 is 22.7 Å². The highest BCUT2D eigenvalue weighted by atomic mass is 32.1. The zero-order valence-electron chi connectivity index (χ0n) is 39.0. The molecule has 2 aliphatic heterocycles. The quantitative estimate of drug-likeness (QED) is 0.165. The molecule has 4 nitrogen and oxygen atoms in total. The number of hydrogen-bond acceptors (Lipinski definition) is 6. The first-order valence-corrected chi connectivity index (χ1v) is 26.5. The minimum atomic E-state index is -0.111. The summed E-state index contributed by atoms with van der Waals surface area (Å²) >= 11 is 3.75. The van der Waals surface area contributed by atoms with Crippen molar-refractivity contribution in [2.24, 2.45) is 0 Å². The molecule has 338 valence electrons. The summed E-state index contributed by atoms with van der Waals surface area (Å²) in [6.07, 6.45) is 0. The molecule has 0 saturated carbocycles. The van der Waals surface area contributed by atoms with Gasteiger partial charge in [0.15, 0.2) is 0 Å². The highest BCUT2D eigenvalue weighted by Gasteiger charge is 2.46. The molecule has 0 bridgehead atoms. The first-order chi connectivity index (χ1) is 36.2. The van der Waals surface area contributed by atoms with Crippen LogP contribution in [-0.4, -0.2) is 6.71 Å². The van der Waals surface area contributed by atoms with Gasteiger partial charge in [0.1, 0.15) is 22.3 Å². The van der Waals surface area contributed by atoms with Crippen LogP contribution in [0.15, 0.2) is 233 Å². The van der Waals surface area contributed by atoms with Crippen LogP contribution in [0, 0.1) is 0 Å².